The number of aromatic nitrogens is 4. The van der Waals surface area contributed by atoms with E-state index in [1.54, 1.807) is 23.9 Å². The summed E-state index contributed by atoms with van der Waals surface area (Å²) in [7, 11) is -0.328. The summed E-state index contributed by atoms with van der Waals surface area (Å²) in [5.74, 6) is 0.659. The van der Waals surface area contributed by atoms with Crippen molar-refractivity contribution in [1.82, 2.24) is 24.1 Å². The SMILES string of the molecule is Cc1[nH]nc(CN)c1S(=O)(=O)N(C)Cc1nccn1C. The van der Waals surface area contributed by atoms with E-state index in [-0.39, 0.29) is 18.0 Å². The molecule has 8 nitrogen and oxygen atoms in total. The molecule has 2 aromatic rings. The highest BCUT2D eigenvalue weighted by Crippen LogP contribution is 2.22. The van der Waals surface area contributed by atoms with E-state index in [1.807, 2.05) is 7.05 Å². The first-order valence-corrected chi connectivity index (χ1v) is 7.48. The van der Waals surface area contributed by atoms with Crippen LogP contribution in [0.15, 0.2) is 17.3 Å². The number of sulfonamides is 1. The highest BCUT2D eigenvalue weighted by molar-refractivity contribution is 7.89. The molecule has 0 bridgehead atoms. The van der Waals surface area contributed by atoms with Crippen LogP contribution in [0, 0.1) is 6.92 Å². The maximum atomic E-state index is 12.6. The number of aromatic amines is 1. The highest BCUT2D eigenvalue weighted by atomic mass is 32.2. The smallest absolute Gasteiger partial charge is 0.246 e. The summed E-state index contributed by atoms with van der Waals surface area (Å²) in [5, 5.41) is 6.58. The number of imidazole rings is 1. The minimum absolute atomic E-state index is 0.0646. The van der Waals surface area contributed by atoms with Crippen LogP contribution in [-0.2, 0) is 30.2 Å². The summed E-state index contributed by atoms with van der Waals surface area (Å²) in [6.07, 6.45) is 3.40. The number of H-pyrrole nitrogens is 1. The Bertz CT molecular complexity index is 702. The largest absolute Gasteiger partial charge is 0.337 e. The number of hydrogen-bond donors (Lipinski definition) is 2. The number of aryl methyl sites for hydroxylation is 2. The van der Waals surface area contributed by atoms with Gasteiger partial charge in [0.15, 0.2) is 0 Å². The summed E-state index contributed by atoms with van der Waals surface area (Å²) in [4.78, 5) is 4.27. The third kappa shape index (κ3) is 2.47. The molecule has 0 aliphatic rings. The minimum Gasteiger partial charge on any atom is -0.337 e. The minimum atomic E-state index is -3.66. The molecule has 20 heavy (non-hydrogen) atoms. The second-order valence-electron chi connectivity index (χ2n) is 4.54. The molecule has 0 atom stereocenters. The predicted octanol–water partition coefficient (Wildman–Crippen LogP) is -0.269. The Morgan fingerprint density at radius 1 is 1.50 bits per heavy atom. The average molecular weight is 298 g/mol. The zero-order valence-corrected chi connectivity index (χ0v) is 12.5. The maximum absolute atomic E-state index is 12.6. The van der Waals surface area contributed by atoms with Gasteiger partial charge in [0.05, 0.1) is 17.9 Å². The first-order valence-electron chi connectivity index (χ1n) is 6.04. The third-order valence-electron chi connectivity index (χ3n) is 3.11. The van der Waals surface area contributed by atoms with Gasteiger partial charge >= 0.3 is 0 Å². The van der Waals surface area contributed by atoms with E-state index in [9.17, 15) is 8.42 Å². The van der Waals surface area contributed by atoms with Crippen molar-refractivity contribution in [1.29, 1.82) is 0 Å². The van der Waals surface area contributed by atoms with E-state index in [4.69, 9.17) is 5.73 Å². The van der Waals surface area contributed by atoms with Crippen LogP contribution in [-0.4, -0.2) is 39.5 Å². The van der Waals surface area contributed by atoms with Crippen molar-refractivity contribution in [2.24, 2.45) is 12.8 Å². The van der Waals surface area contributed by atoms with Gasteiger partial charge in [0, 0.05) is 33.0 Å². The molecule has 0 radical (unpaired) electrons. The van der Waals surface area contributed by atoms with Crippen molar-refractivity contribution in [3.05, 3.63) is 29.6 Å². The van der Waals surface area contributed by atoms with Crippen LogP contribution in [0.25, 0.3) is 0 Å². The Morgan fingerprint density at radius 2 is 2.20 bits per heavy atom. The second-order valence-corrected chi connectivity index (χ2v) is 6.53. The third-order valence-corrected chi connectivity index (χ3v) is 5.12. The van der Waals surface area contributed by atoms with Gasteiger partial charge in [-0.3, -0.25) is 5.10 Å². The Morgan fingerprint density at radius 3 is 2.75 bits per heavy atom. The Labute approximate surface area is 117 Å². The Hall–Kier alpha value is -1.71. The highest BCUT2D eigenvalue weighted by Gasteiger charge is 2.28. The molecule has 0 unspecified atom stereocenters. The van der Waals surface area contributed by atoms with Crippen LogP contribution >= 0.6 is 0 Å². The van der Waals surface area contributed by atoms with Gasteiger partial charge < -0.3 is 10.3 Å². The number of nitrogens with one attached hydrogen (secondary N) is 1. The standard InChI is InChI=1S/C11H18N6O2S/c1-8-11(9(6-12)15-14-8)20(18,19)17(3)7-10-13-4-5-16(10)2/h4-5H,6-7,12H2,1-3H3,(H,14,15). The summed E-state index contributed by atoms with van der Waals surface area (Å²) in [6, 6.07) is 0. The average Bonchev–Trinajstić information content (AvgIpc) is 2.96. The normalized spacial score (nSPS) is 12.2. The van der Waals surface area contributed by atoms with E-state index < -0.39 is 10.0 Å². The first-order chi connectivity index (χ1) is 9.37. The number of nitrogens with two attached hydrogens (primary N) is 1. The molecule has 3 N–H and O–H groups in total. The van der Waals surface area contributed by atoms with Gasteiger partial charge in [0.25, 0.3) is 0 Å². The lowest BCUT2D eigenvalue weighted by molar-refractivity contribution is 0.450. The van der Waals surface area contributed by atoms with E-state index in [2.05, 4.69) is 15.2 Å². The predicted molar refractivity (Wildman–Crippen MR) is 73.1 cm³/mol. The first kappa shape index (κ1) is 14.7. The summed E-state index contributed by atoms with van der Waals surface area (Å²) >= 11 is 0. The monoisotopic (exact) mass is 298 g/mol. The van der Waals surface area contributed by atoms with E-state index in [0.29, 0.717) is 17.2 Å². The van der Waals surface area contributed by atoms with Gasteiger partial charge in [0.1, 0.15) is 10.7 Å². The zero-order valence-electron chi connectivity index (χ0n) is 11.7. The Kier molecular flexibility index (Phi) is 3.93. The zero-order chi connectivity index (χ0) is 14.9. The van der Waals surface area contributed by atoms with Crippen molar-refractivity contribution in [2.75, 3.05) is 7.05 Å². The molecule has 0 aromatic carbocycles. The maximum Gasteiger partial charge on any atom is 0.246 e. The van der Waals surface area contributed by atoms with E-state index in [1.165, 1.54) is 11.4 Å². The fourth-order valence-corrected chi connectivity index (χ4v) is 3.40. The van der Waals surface area contributed by atoms with Crippen molar-refractivity contribution in [3.8, 4) is 0 Å². The van der Waals surface area contributed by atoms with Gasteiger partial charge in [-0.15, -0.1) is 0 Å². The molecule has 0 saturated heterocycles. The molecule has 0 amide bonds. The number of rotatable bonds is 5. The van der Waals surface area contributed by atoms with Crippen molar-refractivity contribution in [3.63, 3.8) is 0 Å². The van der Waals surface area contributed by atoms with Crippen LogP contribution in [0.3, 0.4) is 0 Å². The lowest BCUT2D eigenvalue weighted by atomic mass is 10.4. The number of nitrogens with zero attached hydrogens (tertiary/aromatic N) is 4. The molecule has 0 aliphatic heterocycles. The molecular formula is C11H18N6O2S. The summed E-state index contributed by atoms with van der Waals surface area (Å²) in [6.45, 7) is 1.91. The van der Waals surface area contributed by atoms with E-state index in [0.717, 1.165) is 0 Å². The van der Waals surface area contributed by atoms with Gasteiger partial charge in [-0.1, -0.05) is 0 Å². The molecule has 0 saturated carbocycles. The molecule has 9 heteroatoms. The van der Waals surface area contributed by atoms with Crippen molar-refractivity contribution >= 4 is 10.0 Å². The summed E-state index contributed by atoms with van der Waals surface area (Å²) < 4.78 is 28.2. The molecule has 2 heterocycles. The fraction of sp³-hybridized carbons (Fsp3) is 0.455. The van der Waals surface area contributed by atoms with Crippen molar-refractivity contribution in [2.45, 2.75) is 24.9 Å². The topological polar surface area (TPSA) is 110 Å². The van der Waals surface area contributed by atoms with Gasteiger partial charge in [-0.05, 0) is 6.92 Å². The van der Waals surface area contributed by atoms with Crippen LogP contribution < -0.4 is 5.73 Å². The lowest BCUT2D eigenvalue weighted by Gasteiger charge is -2.17. The van der Waals surface area contributed by atoms with Crippen LogP contribution in [0.2, 0.25) is 0 Å². The van der Waals surface area contributed by atoms with Gasteiger partial charge in [-0.25, -0.2) is 13.4 Å². The fourth-order valence-electron chi connectivity index (χ4n) is 1.94. The lowest BCUT2D eigenvalue weighted by Crippen LogP contribution is -2.29. The van der Waals surface area contributed by atoms with E-state index >= 15 is 0 Å². The molecule has 110 valence electrons. The summed E-state index contributed by atoms with van der Waals surface area (Å²) in [5.41, 5.74) is 6.36. The van der Waals surface area contributed by atoms with Crippen LogP contribution in [0.4, 0.5) is 0 Å². The molecule has 2 aromatic heterocycles. The van der Waals surface area contributed by atoms with Gasteiger partial charge in [0.2, 0.25) is 10.0 Å². The molecule has 2 rings (SSSR count). The molecule has 0 aliphatic carbocycles. The molecule has 0 spiro atoms. The van der Waals surface area contributed by atoms with Crippen LogP contribution in [0.5, 0.6) is 0 Å². The Balaban J connectivity index is 2.35. The second kappa shape index (κ2) is 5.35. The van der Waals surface area contributed by atoms with Crippen molar-refractivity contribution < 1.29 is 8.42 Å². The van der Waals surface area contributed by atoms with Crippen LogP contribution in [0.1, 0.15) is 17.2 Å². The number of hydrogen-bond acceptors (Lipinski definition) is 5. The van der Waals surface area contributed by atoms with Gasteiger partial charge in [-0.2, -0.15) is 9.40 Å². The quantitative estimate of drug-likeness (QED) is 0.789. The molecule has 0 fully saturated rings. The molecular weight excluding hydrogens is 280 g/mol.